The molecule has 1 aliphatic rings. The molecule has 0 amide bonds. The largest absolute Gasteiger partial charge is 0.496 e. The third-order valence-corrected chi connectivity index (χ3v) is 2.92. The molecule has 0 bridgehead atoms. The molecular formula is C15H15NO4. The lowest BCUT2D eigenvalue weighted by Crippen LogP contribution is -2.12. The Bertz CT molecular complexity index is 602. The second kappa shape index (κ2) is 6.14. The normalized spacial score (nSPS) is 13.5. The van der Waals surface area contributed by atoms with Crippen molar-refractivity contribution in [2.75, 3.05) is 13.7 Å². The summed E-state index contributed by atoms with van der Waals surface area (Å²) in [6.45, 7) is 1.59. The van der Waals surface area contributed by atoms with Crippen molar-refractivity contribution in [2.45, 2.75) is 13.3 Å². The van der Waals surface area contributed by atoms with Crippen LogP contribution in [-0.2, 0) is 9.53 Å². The van der Waals surface area contributed by atoms with Crippen molar-refractivity contribution in [3.05, 3.63) is 41.6 Å². The van der Waals surface area contributed by atoms with E-state index in [0.717, 1.165) is 5.57 Å². The van der Waals surface area contributed by atoms with Gasteiger partial charge in [-0.05, 0) is 17.7 Å². The fourth-order valence-electron chi connectivity index (χ4n) is 1.83. The number of hydrogen-bond donors (Lipinski definition) is 0. The number of para-hydroxylation sites is 1. The summed E-state index contributed by atoms with van der Waals surface area (Å²) in [5, 5.41) is 0. The van der Waals surface area contributed by atoms with Gasteiger partial charge in [0.15, 0.2) is 5.78 Å². The molecular weight excluding hydrogens is 258 g/mol. The number of ether oxygens (including phenoxy) is 2. The van der Waals surface area contributed by atoms with E-state index in [1.54, 1.807) is 30.5 Å². The number of methoxy groups -OCH3 is 1. The lowest BCUT2D eigenvalue weighted by atomic mass is 10.1. The summed E-state index contributed by atoms with van der Waals surface area (Å²) in [4.78, 5) is 27.1. The first-order valence-electron chi connectivity index (χ1n) is 6.17. The summed E-state index contributed by atoms with van der Waals surface area (Å²) in [5.74, 6) is -0.0505. The van der Waals surface area contributed by atoms with Crippen molar-refractivity contribution in [3.8, 4) is 5.75 Å². The molecule has 104 valence electrons. The first kappa shape index (κ1) is 14.0. The van der Waals surface area contributed by atoms with Crippen LogP contribution >= 0.6 is 0 Å². The van der Waals surface area contributed by atoms with Gasteiger partial charge in [-0.25, -0.2) is 4.79 Å². The Labute approximate surface area is 116 Å². The standard InChI is InChI=1S/C15H15NO4/c1-10(17)13-7-11(8-16-13)9-20-15(18)12-5-3-4-6-14(12)19-2/h3-6,8H,7,9H2,1-2H3. The number of carbonyl (C=O) groups excluding carboxylic acids is 2. The number of ketones is 1. The zero-order valence-corrected chi connectivity index (χ0v) is 11.4. The Kier molecular flexibility index (Phi) is 4.30. The lowest BCUT2D eigenvalue weighted by Gasteiger charge is -2.08. The highest BCUT2D eigenvalue weighted by Crippen LogP contribution is 2.19. The van der Waals surface area contributed by atoms with E-state index in [-0.39, 0.29) is 12.4 Å². The molecule has 1 aromatic carbocycles. The first-order chi connectivity index (χ1) is 9.61. The summed E-state index contributed by atoms with van der Waals surface area (Å²) >= 11 is 0. The predicted octanol–water partition coefficient (Wildman–Crippen LogP) is 2.17. The van der Waals surface area contributed by atoms with E-state index in [2.05, 4.69) is 4.99 Å². The molecule has 2 rings (SSSR count). The Balaban J connectivity index is 1.93. The number of aliphatic imine (C=N–C) groups is 1. The van der Waals surface area contributed by atoms with Gasteiger partial charge in [0.2, 0.25) is 0 Å². The summed E-state index contributed by atoms with van der Waals surface area (Å²) in [7, 11) is 1.50. The minimum atomic E-state index is -0.459. The van der Waals surface area contributed by atoms with Crippen LogP contribution in [0.5, 0.6) is 5.75 Å². The van der Waals surface area contributed by atoms with E-state index >= 15 is 0 Å². The van der Waals surface area contributed by atoms with Gasteiger partial charge in [-0.2, -0.15) is 0 Å². The fourth-order valence-corrected chi connectivity index (χ4v) is 1.83. The third kappa shape index (κ3) is 3.12. The van der Waals surface area contributed by atoms with Gasteiger partial charge in [0.05, 0.1) is 12.8 Å². The van der Waals surface area contributed by atoms with E-state index in [9.17, 15) is 9.59 Å². The van der Waals surface area contributed by atoms with Crippen molar-refractivity contribution in [1.82, 2.24) is 0 Å². The van der Waals surface area contributed by atoms with Crippen molar-refractivity contribution < 1.29 is 19.1 Å². The smallest absolute Gasteiger partial charge is 0.342 e. The maximum Gasteiger partial charge on any atom is 0.342 e. The van der Waals surface area contributed by atoms with E-state index < -0.39 is 5.97 Å². The Hall–Kier alpha value is -2.43. The molecule has 0 radical (unpaired) electrons. The van der Waals surface area contributed by atoms with E-state index in [4.69, 9.17) is 9.47 Å². The van der Waals surface area contributed by atoms with Crippen LogP contribution in [0.15, 0.2) is 41.0 Å². The molecule has 0 saturated heterocycles. The van der Waals surface area contributed by atoms with Gasteiger partial charge >= 0.3 is 5.97 Å². The number of Topliss-reactive ketones (excluding diaryl/α,β-unsaturated/α-hetero) is 1. The van der Waals surface area contributed by atoms with Crippen molar-refractivity contribution in [2.24, 2.45) is 4.99 Å². The molecule has 0 spiro atoms. The van der Waals surface area contributed by atoms with E-state index in [1.165, 1.54) is 14.0 Å². The summed E-state index contributed by atoms with van der Waals surface area (Å²) in [6.07, 6.45) is 2.01. The van der Waals surface area contributed by atoms with Crippen LogP contribution in [-0.4, -0.2) is 31.2 Å². The molecule has 1 heterocycles. The Morgan fingerprint density at radius 1 is 1.30 bits per heavy atom. The highest BCUT2D eigenvalue weighted by Gasteiger charge is 2.17. The van der Waals surface area contributed by atoms with Crippen LogP contribution in [0, 0.1) is 0 Å². The van der Waals surface area contributed by atoms with Crippen LogP contribution in [0.2, 0.25) is 0 Å². The molecule has 20 heavy (non-hydrogen) atoms. The second-order valence-corrected chi connectivity index (χ2v) is 4.37. The number of hydrogen-bond acceptors (Lipinski definition) is 5. The SMILES string of the molecule is COc1ccccc1C(=O)OCC1=CN=C(C(C)=O)C1. The van der Waals surface area contributed by atoms with Gasteiger partial charge in [0, 0.05) is 19.5 Å². The van der Waals surface area contributed by atoms with E-state index in [1.807, 2.05) is 0 Å². The third-order valence-electron chi connectivity index (χ3n) is 2.92. The predicted molar refractivity (Wildman–Crippen MR) is 74.1 cm³/mol. The van der Waals surface area contributed by atoms with Crippen molar-refractivity contribution in [3.63, 3.8) is 0 Å². The maximum absolute atomic E-state index is 12.0. The molecule has 0 N–H and O–H groups in total. The first-order valence-corrected chi connectivity index (χ1v) is 6.17. The number of benzene rings is 1. The summed E-state index contributed by atoms with van der Waals surface area (Å²) in [6, 6.07) is 6.86. The molecule has 0 atom stereocenters. The zero-order valence-electron chi connectivity index (χ0n) is 11.4. The summed E-state index contributed by atoms with van der Waals surface area (Å²) < 4.78 is 10.3. The van der Waals surface area contributed by atoms with Gasteiger partial charge in [0.25, 0.3) is 0 Å². The van der Waals surface area contributed by atoms with Gasteiger partial charge in [-0.15, -0.1) is 0 Å². The molecule has 0 unspecified atom stereocenters. The number of nitrogens with zero attached hydrogens (tertiary/aromatic N) is 1. The van der Waals surface area contributed by atoms with Crippen LogP contribution in [0.4, 0.5) is 0 Å². The van der Waals surface area contributed by atoms with Gasteiger partial charge in [-0.3, -0.25) is 9.79 Å². The van der Waals surface area contributed by atoms with Crippen LogP contribution < -0.4 is 4.74 Å². The second-order valence-electron chi connectivity index (χ2n) is 4.37. The minimum absolute atomic E-state index is 0.0627. The van der Waals surface area contributed by atoms with Crippen molar-refractivity contribution >= 4 is 17.5 Å². The molecule has 5 heteroatoms. The summed E-state index contributed by atoms with van der Waals surface area (Å²) in [5.41, 5.74) is 1.67. The van der Waals surface area contributed by atoms with Gasteiger partial charge in [-0.1, -0.05) is 12.1 Å². The topological polar surface area (TPSA) is 65.0 Å². The molecule has 0 saturated carbocycles. The van der Waals surface area contributed by atoms with Gasteiger partial charge < -0.3 is 9.47 Å². The van der Waals surface area contributed by atoms with Crippen molar-refractivity contribution in [1.29, 1.82) is 0 Å². The van der Waals surface area contributed by atoms with Crippen LogP contribution in [0.25, 0.3) is 0 Å². The average Bonchev–Trinajstić information content (AvgIpc) is 2.94. The highest BCUT2D eigenvalue weighted by atomic mass is 16.5. The number of esters is 1. The average molecular weight is 273 g/mol. The molecule has 1 aliphatic heterocycles. The number of carbonyl (C=O) groups is 2. The van der Waals surface area contributed by atoms with Crippen LogP contribution in [0.1, 0.15) is 23.7 Å². The molecule has 1 aromatic rings. The maximum atomic E-state index is 12.0. The fraction of sp³-hybridized carbons (Fsp3) is 0.267. The molecule has 0 aliphatic carbocycles. The quantitative estimate of drug-likeness (QED) is 0.771. The van der Waals surface area contributed by atoms with Crippen LogP contribution in [0.3, 0.4) is 0 Å². The molecule has 0 aromatic heterocycles. The Morgan fingerprint density at radius 2 is 2.05 bits per heavy atom. The lowest BCUT2D eigenvalue weighted by molar-refractivity contribution is -0.111. The zero-order chi connectivity index (χ0) is 14.5. The monoisotopic (exact) mass is 273 g/mol. The highest BCUT2D eigenvalue weighted by molar-refractivity contribution is 6.40. The molecule has 5 nitrogen and oxygen atoms in total. The van der Waals surface area contributed by atoms with E-state index in [0.29, 0.717) is 23.4 Å². The molecule has 0 fully saturated rings. The minimum Gasteiger partial charge on any atom is -0.496 e. The Morgan fingerprint density at radius 3 is 2.70 bits per heavy atom. The van der Waals surface area contributed by atoms with Gasteiger partial charge in [0.1, 0.15) is 17.9 Å². The number of rotatable bonds is 5.